The monoisotopic (exact) mass is 279 g/mol. The zero-order valence-corrected chi connectivity index (χ0v) is 12.1. The maximum absolute atomic E-state index is 11.6. The number of rotatable bonds is 3. The van der Waals surface area contributed by atoms with Crippen LogP contribution in [-0.4, -0.2) is 15.6 Å². The minimum absolute atomic E-state index is 0.336. The number of benzene rings is 2. The van der Waals surface area contributed by atoms with Gasteiger partial charge in [-0.1, -0.05) is 42.0 Å². The van der Waals surface area contributed by atoms with Crippen molar-refractivity contribution in [1.82, 2.24) is 4.57 Å². The summed E-state index contributed by atoms with van der Waals surface area (Å²) in [7, 11) is 0. The van der Waals surface area contributed by atoms with E-state index >= 15 is 0 Å². The van der Waals surface area contributed by atoms with Gasteiger partial charge < -0.3 is 9.67 Å². The molecule has 0 bridgehead atoms. The molecule has 0 spiro atoms. The van der Waals surface area contributed by atoms with E-state index in [-0.39, 0.29) is 0 Å². The van der Waals surface area contributed by atoms with Crippen LogP contribution in [0.1, 0.15) is 27.2 Å². The summed E-state index contributed by atoms with van der Waals surface area (Å²) in [5.74, 6) is -0.890. The molecule has 0 saturated carbocycles. The van der Waals surface area contributed by atoms with E-state index in [0.717, 1.165) is 27.6 Å². The number of carbonyl (C=O) groups is 1. The van der Waals surface area contributed by atoms with Crippen LogP contribution in [0.2, 0.25) is 0 Å². The molecule has 1 aromatic heterocycles. The molecule has 0 unspecified atom stereocenters. The molecule has 106 valence electrons. The number of carboxylic acids is 1. The SMILES string of the molecule is Cc1cc(C)c2c(c1)cc(C(=O)O)n2Cc1ccccc1. The maximum atomic E-state index is 11.6. The van der Waals surface area contributed by atoms with E-state index < -0.39 is 5.97 Å². The Morgan fingerprint density at radius 2 is 1.81 bits per heavy atom. The average molecular weight is 279 g/mol. The summed E-state index contributed by atoms with van der Waals surface area (Å²) in [6.45, 7) is 4.62. The van der Waals surface area contributed by atoms with E-state index in [2.05, 4.69) is 6.07 Å². The summed E-state index contributed by atoms with van der Waals surface area (Å²) >= 11 is 0. The highest BCUT2D eigenvalue weighted by Crippen LogP contribution is 2.26. The molecule has 0 aliphatic carbocycles. The van der Waals surface area contributed by atoms with E-state index in [1.807, 2.05) is 54.8 Å². The van der Waals surface area contributed by atoms with Crippen molar-refractivity contribution < 1.29 is 9.90 Å². The van der Waals surface area contributed by atoms with Crippen molar-refractivity contribution in [3.8, 4) is 0 Å². The number of hydrogen-bond acceptors (Lipinski definition) is 1. The molecule has 1 heterocycles. The van der Waals surface area contributed by atoms with Crippen molar-refractivity contribution in [1.29, 1.82) is 0 Å². The fourth-order valence-electron chi connectivity index (χ4n) is 2.92. The van der Waals surface area contributed by atoms with E-state index in [0.29, 0.717) is 12.2 Å². The lowest BCUT2D eigenvalue weighted by molar-refractivity contribution is 0.0686. The molecule has 0 fully saturated rings. The normalized spacial score (nSPS) is 11.0. The van der Waals surface area contributed by atoms with Gasteiger partial charge in [-0.05, 0) is 37.1 Å². The molecule has 3 aromatic rings. The smallest absolute Gasteiger partial charge is 0.352 e. The molecule has 0 atom stereocenters. The third-order valence-electron chi connectivity index (χ3n) is 3.73. The predicted octanol–water partition coefficient (Wildman–Crippen LogP) is 4.00. The van der Waals surface area contributed by atoms with E-state index in [4.69, 9.17) is 0 Å². The number of fused-ring (bicyclic) bond motifs is 1. The fourth-order valence-corrected chi connectivity index (χ4v) is 2.92. The van der Waals surface area contributed by atoms with Gasteiger partial charge in [-0.25, -0.2) is 4.79 Å². The average Bonchev–Trinajstić information content (AvgIpc) is 2.79. The molecule has 0 saturated heterocycles. The van der Waals surface area contributed by atoms with Gasteiger partial charge in [0.25, 0.3) is 0 Å². The third-order valence-corrected chi connectivity index (χ3v) is 3.73. The highest BCUT2D eigenvalue weighted by molar-refractivity contribution is 5.96. The fraction of sp³-hybridized carbons (Fsp3) is 0.167. The summed E-state index contributed by atoms with van der Waals surface area (Å²) < 4.78 is 1.89. The van der Waals surface area contributed by atoms with Gasteiger partial charge in [0.2, 0.25) is 0 Å². The number of nitrogens with zero attached hydrogens (tertiary/aromatic N) is 1. The first-order valence-corrected chi connectivity index (χ1v) is 6.94. The molecule has 0 radical (unpaired) electrons. The molecule has 0 aliphatic rings. The lowest BCUT2D eigenvalue weighted by Gasteiger charge is -2.11. The molecular formula is C18H17NO2. The van der Waals surface area contributed by atoms with Crippen LogP contribution in [0.15, 0.2) is 48.5 Å². The standard InChI is InChI=1S/C18H17NO2/c1-12-8-13(2)17-15(9-12)10-16(18(20)21)19(17)11-14-6-4-3-5-7-14/h3-10H,11H2,1-2H3,(H,20,21). The number of carboxylic acid groups (broad SMARTS) is 1. The molecule has 3 heteroatoms. The molecule has 1 N–H and O–H groups in total. The number of aryl methyl sites for hydroxylation is 2. The van der Waals surface area contributed by atoms with Crippen molar-refractivity contribution in [3.63, 3.8) is 0 Å². The quantitative estimate of drug-likeness (QED) is 0.787. The van der Waals surface area contributed by atoms with E-state index in [1.165, 1.54) is 0 Å². The second-order valence-electron chi connectivity index (χ2n) is 5.43. The lowest BCUT2D eigenvalue weighted by atomic mass is 10.1. The Hall–Kier alpha value is -2.55. The summed E-state index contributed by atoms with van der Waals surface area (Å²) in [5.41, 5.74) is 4.68. The minimum Gasteiger partial charge on any atom is -0.477 e. The van der Waals surface area contributed by atoms with Gasteiger partial charge in [-0.2, -0.15) is 0 Å². The Morgan fingerprint density at radius 1 is 1.10 bits per heavy atom. The van der Waals surface area contributed by atoms with Gasteiger partial charge in [-0.15, -0.1) is 0 Å². The van der Waals surface area contributed by atoms with Gasteiger partial charge in [0.1, 0.15) is 5.69 Å². The largest absolute Gasteiger partial charge is 0.477 e. The summed E-state index contributed by atoms with van der Waals surface area (Å²) in [5, 5.41) is 10.5. The van der Waals surface area contributed by atoms with E-state index in [9.17, 15) is 9.90 Å². The highest BCUT2D eigenvalue weighted by atomic mass is 16.4. The van der Waals surface area contributed by atoms with Crippen LogP contribution in [0, 0.1) is 13.8 Å². The van der Waals surface area contributed by atoms with E-state index in [1.54, 1.807) is 6.07 Å². The Labute approximate surface area is 123 Å². The van der Waals surface area contributed by atoms with Gasteiger partial charge in [0, 0.05) is 11.9 Å². The van der Waals surface area contributed by atoms with Crippen LogP contribution in [0.5, 0.6) is 0 Å². The van der Waals surface area contributed by atoms with Crippen molar-refractivity contribution in [3.05, 3.63) is 70.9 Å². The van der Waals surface area contributed by atoms with Gasteiger partial charge in [-0.3, -0.25) is 0 Å². The van der Waals surface area contributed by atoms with Gasteiger partial charge >= 0.3 is 5.97 Å². The van der Waals surface area contributed by atoms with Crippen molar-refractivity contribution in [2.45, 2.75) is 20.4 Å². The first-order valence-electron chi connectivity index (χ1n) is 6.94. The second kappa shape index (κ2) is 5.09. The third kappa shape index (κ3) is 2.42. The first-order chi connectivity index (χ1) is 10.1. The van der Waals surface area contributed by atoms with Crippen LogP contribution in [0.3, 0.4) is 0 Å². The van der Waals surface area contributed by atoms with Gasteiger partial charge in [0.05, 0.1) is 5.52 Å². The molecule has 0 amide bonds. The maximum Gasteiger partial charge on any atom is 0.352 e. The van der Waals surface area contributed by atoms with Crippen LogP contribution >= 0.6 is 0 Å². The molecule has 2 aromatic carbocycles. The number of aromatic nitrogens is 1. The molecule has 21 heavy (non-hydrogen) atoms. The molecule has 3 rings (SSSR count). The highest BCUT2D eigenvalue weighted by Gasteiger charge is 2.16. The Balaban J connectivity index is 2.23. The Kier molecular flexibility index (Phi) is 3.26. The summed E-state index contributed by atoms with van der Waals surface area (Å²) in [6, 6.07) is 15.8. The zero-order valence-electron chi connectivity index (χ0n) is 12.1. The minimum atomic E-state index is -0.890. The second-order valence-corrected chi connectivity index (χ2v) is 5.43. The number of hydrogen-bond donors (Lipinski definition) is 1. The van der Waals surface area contributed by atoms with Gasteiger partial charge in [0.15, 0.2) is 0 Å². The van der Waals surface area contributed by atoms with Crippen LogP contribution in [0.4, 0.5) is 0 Å². The first kappa shape index (κ1) is 13.4. The molecule has 3 nitrogen and oxygen atoms in total. The lowest BCUT2D eigenvalue weighted by Crippen LogP contribution is -2.09. The summed E-state index contributed by atoms with van der Waals surface area (Å²) in [6.07, 6.45) is 0. The Bertz CT molecular complexity index is 816. The van der Waals surface area contributed by atoms with Crippen LogP contribution in [-0.2, 0) is 6.54 Å². The van der Waals surface area contributed by atoms with Crippen LogP contribution in [0.25, 0.3) is 10.9 Å². The van der Waals surface area contributed by atoms with Crippen molar-refractivity contribution >= 4 is 16.9 Å². The topological polar surface area (TPSA) is 42.2 Å². The predicted molar refractivity (Wildman–Crippen MR) is 83.9 cm³/mol. The zero-order chi connectivity index (χ0) is 15.0. The Morgan fingerprint density at radius 3 is 2.48 bits per heavy atom. The number of aromatic carboxylic acids is 1. The van der Waals surface area contributed by atoms with Crippen LogP contribution < -0.4 is 0 Å². The molecular weight excluding hydrogens is 262 g/mol. The molecule has 0 aliphatic heterocycles. The van der Waals surface area contributed by atoms with Crippen molar-refractivity contribution in [2.24, 2.45) is 0 Å². The summed E-state index contributed by atoms with van der Waals surface area (Å²) in [4.78, 5) is 11.6. The van der Waals surface area contributed by atoms with Crippen molar-refractivity contribution in [2.75, 3.05) is 0 Å².